The van der Waals surface area contributed by atoms with Crippen LogP contribution in [0.1, 0.15) is 19.3 Å². The zero-order valence-corrected chi connectivity index (χ0v) is 14.6. The van der Waals surface area contributed by atoms with Crippen molar-refractivity contribution in [1.29, 1.82) is 0 Å². The van der Waals surface area contributed by atoms with Crippen molar-refractivity contribution < 1.29 is 22.3 Å². The molecule has 134 valence electrons. The molecule has 0 aromatic carbocycles. The van der Waals surface area contributed by atoms with Gasteiger partial charge in [-0.3, -0.25) is 0 Å². The minimum Gasteiger partial charge on any atom is -0.470 e. The van der Waals surface area contributed by atoms with E-state index >= 15 is 0 Å². The van der Waals surface area contributed by atoms with Crippen molar-refractivity contribution >= 4 is 10.2 Å². The Morgan fingerprint density at radius 1 is 1.50 bits per heavy atom. The molecule has 1 aromatic heterocycles. The van der Waals surface area contributed by atoms with E-state index in [4.69, 9.17) is 9.47 Å². The Morgan fingerprint density at radius 2 is 2.29 bits per heavy atom. The van der Waals surface area contributed by atoms with Gasteiger partial charge < -0.3 is 9.47 Å². The summed E-state index contributed by atoms with van der Waals surface area (Å²) in [6, 6.07) is 2.79. The number of hydrogen-bond acceptors (Lipinski definition) is 5. The normalized spacial score (nSPS) is 28.6. The van der Waals surface area contributed by atoms with Crippen molar-refractivity contribution in [2.45, 2.75) is 31.0 Å². The Morgan fingerprint density at radius 3 is 3.00 bits per heavy atom. The van der Waals surface area contributed by atoms with Crippen molar-refractivity contribution in [2.75, 3.05) is 33.8 Å². The van der Waals surface area contributed by atoms with Crippen LogP contribution in [0.15, 0.2) is 18.3 Å². The lowest BCUT2D eigenvalue weighted by Crippen LogP contribution is -2.53. The van der Waals surface area contributed by atoms with Crippen LogP contribution in [-0.4, -0.2) is 67.5 Å². The lowest BCUT2D eigenvalue weighted by molar-refractivity contribution is -0.0346. The summed E-state index contributed by atoms with van der Waals surface area (Å²) in [5, 5.41) is 0. The quantitative estimate of drug-likeness (QED) is 0.803. The minimum absolute atomic E-state index is 0.0447. The van der Waals surface area contributed by atoms with Crippen LogP contribution in [0.3, 0.4) is 0 Å². The van der Waals surface area contributed by atoms with Gasteiger partial charge in [0.15, 0.2) is 5.82 Å². The van der Waals surface area contributed by atoms with Gasteiger partial charge in [-0.05, 0) is 25.0 Å². The molecule has 2 aliphatic rings. The SMILES string of the molecule is CN(C)S(=O)(=O)N1CCC[C@]2(C[C@@H](Oc3ncccc3F)CO2)C1. The third kappa shape index (κ3) is 3.39. The van der Waals surface area contributed by atoms with Crippen molar-refractivity contribution in [3.8, 4) is 5.88 Å². The largest absolute Gasteiger partial charge is 0.470 e. The van der Waals surface area contributed by atoms with E-state index in [1.165, 1.54) is 41.0 Å². The molecule has 0 saturated carbocycles. The van der Waals surface area contributed by atoms with E-state index < -0.39 is 21.6 Å². The Balaban J connectivity index is 1.68. The Labute approximate surface area is 141 Å². The highest BCUT2D eigenvalue weighted by molar-refractivity contribution is 7.86. The number of halogens is 1. The molecule has 1 aromatic rings. The van der Waals surface area contributed by atoms with Gasteiger partial charge in [0.25, 0.3) is 16.1 Å². The molecule has 3 heterocycles. The van der Waals surface area contributed by atoms with Gasteiger partial charge in [0.2, 0.25) is 0 Å². The van der Waals surface area contributed by atoms with Crippen LogP contribution in [-0.2, 0) is 14.9 Å². The maximum Gasteiger partial charge on any atom is 0.281 e. The lowest BCUT2D eigenvalue weighted by Gasteiger charge is -2.39. The van der Waals surface area contributed by atoms with Gasteiger partial charge in [0.05, 0.1) is 12.2 Å². The van der Waals surface area contributed by atoms with Gasteiger partial charge >= 0.3 is 0 Å². The fourth-order valence-electron chi connectivity index (χ4n) is 3.26. The van der Waals surface area contributed by atoms with Gasteiger partial charge in [-0.15, -0.1) is 0 Å². The molecular weight excluding hydrogens is 337 g/mol. The highest BCUT2D eigenvalue weighted by atomic mass is 32.2. The maximum absolute atomic E-state index is 13.7. The van der Waals surface area contributed by atoms with Crippen molar-refractivity contribution in [2.24, 2.45) is 0 Å². The van der Waals surface area contributed by atoms with E-state index in [0.29, 0.717) is 19.6 Å². The van der Waals surface area contributed by atoms with Crippen LogP contribution in [0, 0.1) is 5.82 Å². The smallest absolute Gasteiger partial charge is 0.281 e. The molecular formula is C15H22FN3O4S. The van der Waals surface area contributed by atoms with Gasteiger partial charge in [-0.1, -0.05) is 0 Å². The zero-order chi connectivity index (χ0) is 17.4. The lowest BCUT2D eigenvalue weighted by atomic mass is 9.90. The zero-order valence-electron chi connectivity index (χ0n) is 13.8. The van der Waals surface area contributed by atoms with Crippen LogP contribution >= 0.6 is 0 Å². The summed E-state index contributed by atoms with van der Waals surface area (Å²) < 4.78 is 52.5. The third-order valence-corrected chi connectivity index (χ3v) is 6.36. The molecule has 3 rings (SSSR count). The van der Waals surface area contributed by atoms with Crippen molar-refractivity contribution in [3.63, 3.8) is 0 Å². The number of ether oxygens (including phenoxy) is 2. The number of aromatic nitrogens is 1. The first-order valence-corrected chi connectivity index (χ1v) is 9.31. The number of hydrogen-bond donors (Lipinski definition) is 0. The first kappa shape index (κ1) is 17.5. The highest BCUT2D eigenvalue weighted by Crippen LogP contribution is 2.37. The summed E-state index contributed by atoms with van der Waals surface area (Å²) in [6.45, 7) is 1.07. The van der Waals surface area contributed by atoms with Gasteiger partial charge in [-0.25, -0.2) is 9.37 Å². The molecule has 2 saturated heterocycles. The first-order valence-electron chi connectivity index (χ1n) is 7.91. The second kappa shape index (κ2) is 6.55. The second-order valence-electron chi connectivity index (χ2n) is 6.46. The van der Waals surface area contributed by atoms with Gasteiger partial charge in [-0.2, -0.15) is 17.0 Å². The van der Waals surface area contributed by atoms with Crippen LogP contribution < -0.4 is 4.74 Å². The fraction of sp³-hybridized carbons (Fsp3) is 0.667. The predicted octanol–water partition coefficient (Wildman–Crippen LogP) is 1.03. The number of pyridine rings is 1. The van der Waals surface area contributed by atoms with Gasteiger partial charge in [0.1, 0.15) is 6.10 Å². The molecule has 9 heteroatoms. The molecule has 2 fully saturated rings. The van der Waals surface area contributed by atoms with E-state index in [0.717, 1.165) is 12.8 Å². The summed E-state index contributed by atoms with van der Waals surface area (Å²) in [6.07, 6.45) is 3.13. The predicted molar refractivity (Wildman–Crippen MR) is 85.3 cm³/mol. The molecule has 0 unspecified atom stereocenters. The molecule has 24 heavy (non-hydrogen) atoms. The van der Waals surface area contributed by atoms with Crippen molar-refractivity contribution in [3.05, 3.63) is 24.1 Å². The summed E-state index contributed by atoms with van der Waals surface area (Å²) >= 11 is 0. The van der Waals surface area contributed by atoms with E-state index in [-0.39, 0.29) is 18.5 Å². The molecule has 2 aliphatic heterocycles. The summed E-state index contributed by atoms with van der Waals surface area (Å²) in [5.41, 5.74) is -0.572. The van der Waals surface area contributed by atoms with E-state index in [1.807, 2.05) is 0 Å². The number of piperidine rings is 1. The Hall–Kier alpha value is -1.29. The average molecular weight is 359 g/mol. The number of rotatable bonds is 4. The van der Waals surface area contributed by atoms with Gasteiger partial charge in [0, 0.05) is 39.8 Å². The average Bonchev–Trinajstić information content (AvgIpc) is 2.91. The molecule has 2 atom stereocenters. The van der Waals surface area contributed by atoms with E-state index in [2.05, 4.69) is 4.98 Å². The first-order chi connectivity index (χ1) is 11.3. The molecule has 0 aliphatic carbocycles. The molecule has 0 radical (unpaired) electrons. The minimum atomic E-state index is -3.47. The Bertz CT molecular complexity index is 700. The van der Waals surface area contributed by atoms with E-state index in [9.17, 15) is 12.8 Å². The highest BCUT2D eigenvalue weighted by Gasteiger charge is 2.47. The van der Waals surface area contributed by atoms with Crippen LogP contribution in [0.2, 0.25) is 0 Å². The fourth-order valence-corrected chi connectivity index (χ4v) is 4.48. The maximum atomic E-state index is 13.7. The topological polar surface area (TPSA) is 72.0 Å². The monoisotopic (exact) mass is 359 g/mol. The third-order valence-electron chi connectivity index (χ3n) is 4.47. The summed E-state index contributed by atoms with van der Waals surface area (Å²) in [7, 11) is -0.441. The second-order valence-corrected chi connectivity index (χ2v) is 8.60. The van der Waals surface area contributed by atoms with Crippen LogP contribution in [0.5, 0.6) is 5.88 Å². The molecule has 1 spiro atoms. The van der Waals surface area contributed by atoms with Crippen molar-refractivity contribution in [1.82, 2.24) is 13.6 Å². The summed E-state index contributed by atoms with van der Waals surface area (Å²) in [5.74, 6) is -0.560. The number of nitrogens with zero attached hydrogens (tertiary/aromatic N) is 3. The molecule has 7 nitrogen and oxygen atoms in total. The molecule has 0 bridgehead atoms. The summed E-state index contributed by atoms with van der Waals surface area (Å²) in [4.78, 5) is 3.89. The molecule has 0 N–H and O–H groups in total. The van der Waals surface area contributed by atoms with E-state index in [1.54, 1.807) is 0 Å². The molecule has 0 amide bonds. The van der Waals surface area contributed by atoms with Crippen LogP contribution in [0.25, 0.3) is 0 Å². The Kier molecular flexibility index (Phi) is 4.78. The standard InChI is InChI=1S/C15H22FN3O4S/c1-18(2)24(20,21)19-8-4-6-15(11-19)9-12(10-22-15)23-14-13(16)5-3-7-17-14/h3,5,7,12H,4,6,8-11H2,1-2H3/t12-,15+/m1/s1. The van der Waals surface area contributed by atoms with Crippen LogP contribution in [0.4, 0.5) is 4.39 Å².